The first-order valence-corrected chi connectivity index (χ1v) is 9.47. The smallest absolute Gasteiger partial charge is 0.225 e. The summed E-state index contributed by atoms with van der Waals surface area (Å²) in [4.78, 5) is 11.0. The van der Waals surface area contributed by atoms with Crippen LogP contribution < -0.4 is 15.5 Å². The number of nitrogens with zero attached hydrogens (tertiary/aromatic N) is 6. The van der Waals surface area contributed by atoms with Gasteiger partial charge in [0.1, 0.15) is 12.6 Å². The highest BCUT2D eigenvalue weighted by atomic mass is 16.3. The third kappa shape index (κ3) is 2.99. The molecule has 2 aliphatic rings. The van der Waals surface area contributed by atoms with E-state index in [9.17, 15) is 0 Å². The first-order valence-electron chi connectivity index (χ1n) is 9.47. The van der Waals surface area contributed by atoms with Crippen LogP contribution in [0.1, 0.15) is 31.7 Å². The molecule has 3 aromatic heterocycles. The molecule has 7 heteroatoms. The number of aromatic nitrogens is 5. The van der Waals surface area contributed by atoms with Crippen LogP contribution in [-0.2, 0) is 0 Å². The summed E-state index contributed by atoms with van der Waals surface area (Å²) in [6, 6.07) is 4.20. The molecule has 0 N–H and O–H groups in total. The summed E-state index contributed by atoms with van der Waals surface area (Å²) in [7, 11) is 0. The van der Waals surface area contributed by atoms with Crippen LogP contribution in [0, 0.1) is 0 Å². The number of hydrogen-bond donors (Lipinski definition) is 0. The van der Waals surface area contributed by atoms with Crippen LogP contribution in [0.2, 0.25) is 0 Å². The van der Waals surface area contributed by atoms with Gasteiger partial charge in [0.25, 0.3) is 0 Å². The standard InChI is InChI=1S/C20H22N6O/c1-2-5-18-16(4-1)8-13-27-14-19-25(18)15-23-26(19)17-6-11-24(12-7-17)20-21-9-3-10-22-20/h3-5,8-10,13-15,17H,1-2,6-7,11-12H2. The lowest BCUT2D eigenvalue weighted by molar-refractivity contribution is 0.371. The zero-order chi connectivity index (χ0) is 18.1. The summed E-state index contributed by atoms with van der Waals surface area (Å²) >= 11 is 0. The quantitative estimate of drug-likeness (QED) is 0.696. The molecular weight excluding hydrogens is 340 g/mol. The van der Waals surface area contributed by atoms with Crippen LogP contribution in [0.5, 0.6) is 0 Å². The first kappa shape index (κ1) is 16.1. The van der Waals surface area contributed by atoms with Gasteiger partial charge in [-0.25, -0.2) is 14.6 Å². The molecule has 0 radical (unpaired) electrons. The molecular formula is C20H22N6O. The molecule has 0 bridgehead atoms. The van der Waals surface area contributed by atoms with Gasteiger partial charge < -0.3 is 9.32 Å². The molecule has 1 aliphatic carbocycles. The average Bonchev–Trinajstić information content (AvgIpc) is 3.13. The summed E-state index contributed by atoms with van der Waals surface area (Å²) in [6.45, 7) is 1.84. The van der Waals surface area contributed by atoms with E-state index in [1.165, 1.54) is 10.6 Å². The molecule has 27 heavy (non-hydrogen) atoms. The molecule has 1 fully saturated rings. The summed E-state index contributed by atoms with van der Waals surface area (Å²) < 4.78 is 9.89. The van der Waals surface area contributed by atoms with Crippen LogP contribution in [0.3, 0.4) is 0 Å². The van der Waals surface area contributed by atoms with E-state index in [4.69, 9.17) is 9.52 Å². The highest BCUT2D eigenvalue weighted by Crippen LogP contribution is 2.25. The first-order chi connectivity index (χ1) is 13.4. The van der Waals surface area contributed by atoms with Crippen molar-refractivity contribution in [2.75, 3.05) is 18.0 Å². The topological polar surface area (TPSA) is 64.4 Å². The fourth-order valence-electron chi connectivity index (χ4n) is 3.96. The van der Waals surface area contributed by atoms with E-state index < -0.39 is 0 Å². The maximum Gasteiger partial charge on any atom is 0.225 e. The monoisotopic (exact) mass is 362 g/mol. The molecule has 0 unspecified atom stereocenters. The van der Waals surface area contributed by atoms with Gasteiger partial charge in [-0.05, 0) is 43.0 Å². The van der Waals surface area contributed by atoms with Gasteiger partial charge in [0.05, 0.1) is 17.7 Å². The maximum absolute atomic E-state index is 5.64. The van der Waals surface area contributed by atoms with Crippen molar-refractivity contribution in [2.45, 2.75) is 31.7 Å². The highest BCUT2D eigenvalue weighted by molar-refractivity contribution is 5.40. The third-order valence-electron chi connectivity index (χ3n) is 5.34. The van der Waals surface area contributed by atoms with E-state index >= 15 is 0 Å². The molecule has 0 aromatic carbocycles. The van der Waals surface area contributed by atoms with Gasteiger partial charge >= 0.3 is 0 Å². The lowest BCUT2D eigenvalue weighted by Gasteiger charge is -2.31. The fourth-order valence-corrected chi connectivity index (χ4v) is 3.96. The van der Waals surface area contributed by atoms with Crippen LogP contribution in [0.25, 0.3) is 17.8 Å². The Labute approximate surface area is 156 Å². The Morgan fingerprint density at radius 3 is 2.70 bits per heavy atom. The lowest BCUT2D eigenvalue weighted by Crippen LogP contribution is -2.36. The van der Waals surface area contributed by atoms with Gasteiger partial charge in [0.2, 0.25) is 5.95 Å². The second-order valence-electron chi connectivity index (χ2n) is 6.95. The second-order valence-corrected chi connectivity index (χ2v) is 6.95. The summed E-state index contributed by atoms with van der Waals surface area (Å²) in [5.74, 6) is 0.809. The molecule has 0 spiro atoms. The summed E-state index contributed by atoms with van der Waals surface area (Å²) in [5, 5.41) is 7.10. The van der Waals surface area contributed by atoms with E-state index in [-0.39, 0.29) is 0 Å². The largest absolute Gasteiger partial charge is 0.469 e. The fraction of sp³-hybridized carbons (Fsp3) is 0.350. The average molecular weight is 362 g/mol. The van der Waals surface area contributed by atoms with Gasteiger partial charge in [0.15, 0.2) is 5.65 Å². The minimum atomic E-state index is 0.334. The molecule has 138 valence electrons. The number of rotatable bonds is 2. The molecule has 1 saturated heterocycles. The molecule has 0 amide bonds. The highest BCUT2D eigenvalue weighted by Gasteiger charge is 2.23. The van der Waals surface area contributed by atoms with Gasteiger partial charge in [-0.3, -0.25) is 4.40 Å². The van der Waals surface area contributed by atoms with Crippen molar-refractivity contribution in [2.24, 2.45) is 0 Å². The van der Waals surface area contributed by atoms with E-state index in [1.54, 1.807) is 24.9 Å². The van der Waals surface area contributed by atoms with Crippen molar-refractivity contribution in [3.05, 3.63) is 53.9 Å². The number of piperidine rings is 1. The molecule has 1 aliphatic heterocycles. The van der Waals surface area contributed by atoms with Crippen molar-refractivity contribution in [3.63, 3.8) is 0 Å². The van der Waals surface area contributed by atoms with Crippen LogP contribution in [0.15, 0.2) is 47.8 Å². The van der Waals surface area contributed by atoms with E-state index in [0.29, 0.717) is 6.04 Å². The second kappa shape index (κ2) is 6.90. The zero-order valence-electron chi connectivity index (χ0n) is 15.1. The van der Waals surface area contributed by atoms with Crippen molar-refractivity contribution >= 4 is 23.7 Å². The van der Waals surface area contributed by atoms with Crippen LogP contribution in [-0.4, -0.2) is 37.2 Å². The third-order valence-corrected chi connectivity index (χ3v) is 5.34. The summed E-state index contributed by atoms with van der Waals surface area (Å²) in [6.07, 6.45) is 17.7. The molecule has 0 atom stereocenters. The van der Waals surface area contributed by atoms with E-state index in [0.717, 1.165) is 50.4 Å². The lowest BCUT2D eigenvalue weighted by atomic mass is 10.1. The van der Waals surface area contributed by atoms with E-state index in [2.05, 4.69) is 36.1 Å². The Kier molecular flexibility index (Phi) is 4.12. The predicted octanol–water partition coefficient (Wildman–Crippen LogP) is 1.84. The van der Waals surface area contributed by atoms with Crippen LogP contribution >= 0.6 is 0 Å². The Hall–Kier alpha value is -3.09. The minimum absolute atomic E-state index is 0.334. The normalized spacial score (nSPS) is 17.1. The van der Waals surface area contributed by atoms with Crippen molar-refractivity contribution in [1.29, 1.82) is 0 Å². The Morgan fingerprint density at radius 1 is 1.04 bits per heavy atom. The minimum Gasteiger partial charge on any atom is -0.469 e. The number of fused-ring (bicyclic) bond motifs is 3. The maximum atomic E-state index is 5.64. The van der Waals surface area contributed by atoms with Crippen molar-refractivity contribution < 1.29 is 4.42 Å². The predicted molar refractivity (Wildman–Crippen MR) is 103 cm³/mol. The van der Waals surface area contributed by atoms with Gasteiger partial charge in [-0.1, -0.05) is 12.2 Å². The Bertz CT molecular complexity index is 1100. The molecule has 4 heterocycles. The molecule has 7 nitrogen and oxygen atoms in total. The number of hydrogen-bond acceptors (Lipinski definition) is 5. The summed E-state index contributed by atoms with van der Waals surface area (Å²) in [5.41, 5.74) is 0.979. The Morgan fingerprint density at radius 2 is 1.85 bits per heavy atom. The Balaban J connectivity index is 1.50. The van der Waals surface area contributed by atoms with Gasteiger partial charge in [0, 0.05) is 25.5 Å². The molecule has 0 saturated carbocycles. The van der Waals surface area contributed by atoms with Crippen molar-refractivity contribution in [1.82, 2.24) is 24.1 Å². The van der Waals surface area contributed by atoms with Gasteiger partial charge in [-0.2, -0.15) is 5.10 Å². The molecule has 3 aromatic rings. The van der Waals surface area contributed by atoms with Gasteiger partial charge in [-0.15, -0.1) is 0 Å². The van der Waals surface area contributed by atoms with Crippen LogP contribution in [0.4, 0.5) is 5.95 Å². The zero-order valence-corrected chi connectivity index (χ0v) is 15.1. The number of anilines is 1. The van der Waals surface area contributed by atoms with Crippen molar-refractivity contribution in [3.8, 4) is 0 Å². The molecule has 5 rings (SSSR count). The van der Waals surface area contributed by atoms with E-state index in [1.807, 2.05) is 18.5 Å². The SMILES string of the molecule is C1=c2ccocc3n(C4CCN(c5ncccn5)CC4)ncn3c2=CCC1.